The molecule has 3 saturated heterocycles. The number of carbonyl (C=O) groups excluding carboxylic acids is 3. The second-order valence-electron chi connectivity index (χ2n) is 18.3. The van der Waals surface area contributed by atoms with Gasteiger partial charge in [0.25, 0.3) is 0 Å². The Bertz CT molecular complexity index is 2440. The molecule has 2 aliphatic carbocycles. The number of hydrogen-bond donors (Lipinski definition) is 0. The Hall–Kier alpha value is -6.32. The Kier molecular flexibility index (Phi) is 18.9. The van der Waals surface area contributed by atoms with Crippen molar-refractivity contribution in [2.24, 2.45) is 15.3 Å². The molecule has 0 radical (unpaired) electrons. The van der Waals surface area contributed by atoms with Crippen molar-refractivity contribution in [3.8, 4) is 0 Å². The monoisotopic (exact) mass is 1010 g/mol. The third-order valence-electron chi connectivity index (χ3n) is 13.5. The van der Waals surface area contributed by atoms with Gasteiger partial charge in [-0.15, -0.1) is 0 Å². The highest BCUT2D eigenvalue weighted by atomic mass is 16.8. The van der Waals surface area contributed by atoms with Crippen LogP contribution in [0.3, 0.4) is 0 Å². The molecule has 23 nitrogen and oxygen atoms in total. The van der Waals surface area contributed by atoms with Crippen LogP contribution in [0.25, 0.3) is 31.3 Å². The van der Waals surface area contributed by atoms with Crippen LogP contribution in [0.5, 0.6) is 0 Å². The maximum absolute atomic E-state index is 13.9. The minimum Gasteiger partial charge on any atom is -0.459 e. The lowest BCUT2D eigenvalue weighted by Crippen LogP contribution is -2.60. The Labute approximate surface area is 420 Å². The molecule has 13 atom stereocenters. The lowest BCUT2D eigenvalue weighted by atomic mass is 9.84. The van der Waals surface area contributed by atoms with Crippen LogP contribution in [0.2, 0.25) is 0 Å². The van der Waals surface area contributed by atoms with E-state index in [-0.39, 0.29) is 36.3 Å². The van der Waals surface area contributed by atoms with E-state index < -0.39 is 116 Å². The topological polar surface area (TPSA) is 299 Å². The number of ether oxygens (including phenoxy) is 11. The summed E-state index contributed by atoms with van der Waals surface area (Å²) in [5.74, 6) is -3.12. The highest BCUT2D eigenvalue weighted by Gasteiger charge is 2.53. The van der Waals surface area contributed by atoms with Crippen LogP contribution < -0.4 is 0 Å². The van der Waals surface area contributed by atoms with E-state index in [1.807, 2.05) is 6.92 Å². The molecule has 3 aliphatic heterocycles. The van der Waals surface area contributed by atoms with E-state index in [4.69, 9.17) is 52.1 Å². The van der Waals surface area contributed by atoms with Crippen LogP contribution in [-0.4, -0.2) is 136 Å². The van der Waals surface area contributed by atoms with Gasteiger partial charge in [-0.2, -0.15) is 0 Å². The number of azide groups is 3. The molecule has 0 bridgehead atoms. The van der Waals surface area contributed by atoms with Crippen molar-refractivity contribution >= 4 is 17.9 Å². The molecular formula is C50H59N9O14. The van der Waals surface area contributed by atoms with Crippen LogP contribution in [0, 0.1) is 0 Å². The predicted molar refractivity (Wildman–Crippen MR) is 255 cm³/mol. The van der Waals surface area contributed by atoms with Crippen LogP contribution in [0.1, 0.15) is 95.8 Å². The van der Waals surface area contributed by atoms with Crippen molar-refractivity contribution in [3.63, 3.8) is 0 Å². The van der Waals surface area contributed by atoms with E-state index >= 15 is 0 Å². The van der Waals surface area contributed by atoms with Gasteiger partial charge < -0.3 is 52.1 Å². The second-order valence-corrected chi connectivity index (χ2v) is 18.3. The Balaban J connectivity index is 1.12. The molecule has 388 valence electrons. The normalized spacial score (nSPS) is 29.6. The molecule has 0 aromatic heterocycles. The van der Waals surface area contributed by atoms with Crippen molar-refractivity contribution in [2.45, 2.75) is 150 Å². The molecule has 0 amide bonds. The van der Waals surface area contributed by atoms with E-state index in [9.17, 15) is 31.0 Å². The molecule has 0 N–H and O–H groups in total. The summed E-state index contributed by atoms with van der Waals surface area (Å²) >= 11 is 0. The van der Waals surface area contributed by atoms with Crippen LogP contribution in [0.15, 0.2) is 106 Å². The standard InChI is InChI=1S/C50H59N9O14/c1-31-38(30-67-50(73-31)23-13-5-14-24-50)68-48(72-41-36(55-58-52)27-35(54-57-51)40-43(41)64-26-16-6-15-25-63-40)37(56-59-53)28-66-49-44(71-47(62)34-21-11-4-12-22-34)42(70-46(61)33-19-9-3-10-20-33)39(69-49)29-65-45(60)32-17-7-2-8-18-32/h2-4,7-12,17-22,31,35-44,48-49H,5-6,13-16,23-30H2,1H3/t31-,35+,36?,37+,38?,39+,40+,41+,42?,43?,44-,48+,49+/m0/s1. The minimum atomic E-state index is -1.57. The maximum atomic E-state index is 13.9. The zero-order valence-corrected chi connectivity index (χ0v) is 40.3. The van der Waals surface area contributed by atoms with Gasteiger partial charge in [-0.3, -0.25) is 0 Å². The zero-order valence-electron chi connectivity index (χ0n) is 40.3. The first kappa shape index (κ1) is 53.0. The third-order valence-corrected chi connectivity index (χ3v) is 13.5. The highest BCUT2D eigenvalue weighted by molar-refractivity contribution is 5.91. The number of rotatable bonds is 18. The highest BCUT2D eigenvalue weighted by Crippen LogP contribution is 2.40. The van der Waals surface area contributed by atoms with Gasteiger partial charge in [0, 0.05) is 40.8 Å². The lowest BCUT2D eigenvalue weighted by Gasteiger charge is -2.47. The van der Waals surface area contributed by atoms with Crippen molar-refractivity contribution < 1.29 is 66.5 Å². The Morgan fingerprint density at radius 2 is 1.26 bits per heavy atom. The number of carbonyl (C=O) groups is 3. The largest absolute Gasteiger partial charge is 0.459 e. The zero-order chi connectivity index (χ0) is 51.0. The van der Waals surface area contributed by atoms with Gasteiger partial charge in [0.15, 0.2) is 30.6 Å². The smallest absolute Gasteiger partial charge is 0.338 e. The van der Waals surface area contributed by atoms with Gasteiger partial charge in [-0.1, -0.05) is 76.4 Å². The summed E-state index contributed by atoms with van der Waals surface area (Å²) in [5, 5.41) is 12.2. The average Bonchev–Trinajstić information content (AvgIpc) is 3.79. The third kappa shape index (κ3) is 13.7. The van der Waals surface area contributed by atoms with Gasteiger partial charge in [0.05, 0.1) is 60.3 Å². The fourth-order valence-electron chi connectivity index (χ4n) is 9.74. The number of benzene rings is 3. The van der Waals surface area contributed by atoms with Gasteiger partial charge in [0.2, 0.25) is 0 Å². The minimum absolute atomic E-state index is 0.0109. The van der Waals surface area contributed by atoms with E-state index in [0.29, 0.717) is 25.9 Å². The number of nitrogens with zero attached hydrogens (tertiary/aromatic N) is 9. The van der Waals surface area contributed by atoms with Gasteiger partial charge in [-0.05, 0) is 98.4 Å². The van der Waals surface area contributed by atoms with E-state index in [1.165, 1.54) is 24.3 Å². The van der Waals surface area contributed by atoms with Crippen molar-refractivity contribution in [3.05, 3.63) is 139 Å². The van der Waals surface area contributed by atoms with Crippen LogP contribution in [-0.2, 0) is 52.1 Å². The lowest BCUT2D eigenvalue weighted by molar-refractivity contribution is -0.354. The molecule has 23 heteroatoms. The molecule has 3 heterocycles. The number of fused-ring (bicyclic) bond motifs is 1. The molecule has 3 aromatic carbocycles. The molecule has 1 spiro atoms. The molecule has 3 aromatic rings. The van der Waals surface area contributed by atoms with Crippen molar-refractivity contribution in [2.75, 3.05) is 33.0 Å². The first-order chi connectivity index (χ1) is 35.7. The number of esters is 3. The molecule has 2 saturated carbocycles. The molecule has 73 heavy (non-hydrogen) atoms. The molecular weight excluding hydrogens is 951 g/mol. The molecule has 5 fully saturated rings. The summed E-state index contributed by atoms with van der Waals surface area (Å²) < 4.78 is 70.0. The van der Waals surface area contributed by atoms with E-state index in [0.717, 1.165) is 32.1 Å². The van der Waals surface area contributed by atoms with Crippen LogP contribution >= 0.6 is 0 Å². The second kappa shape index (κ2) is 26.1. The Morgan fingerprint density at radius 3 is 1.86 bits per heavy atom. The summed E-state index contributed by atoms with van der Waals surface area (Å²) in [6.07, 6.45) is -5.14. The quantitative estimate of drug-likeness (QED) is 0.0288. The van der Waals surface area contributed by atoms with Gasteiger partial charge in [-0.25, -0.2) is 14.4 Å². The Morgan fingerprint density at radius 1 is 0.685 bits per heavy atom. The summed E-state index contributed by atoms with van der Waals surface area (Å²) in [5.41, 5.74) is 30.2. The summed E-state index contributed by atoms with van der Waals surface area (Å²) in [6.45, 7) is 1.47. The van der Waals surface area contributed by atoms with Crippen molar-refractivity contribution in [1.29, 1.82) is 0 Å². The fourth-order valence-corrected chi connectivity index (χ4v) is 9.74. The van der Waals surface area contributed by atoms with Crippen molar-refractivity contribution in [1.82, 2.24) is 0 Å². The van der Waals surface area contributed by atoms with Gasteiger partial charge >= 0.3 is 17.9 Å². The predicted octanol–water partition coefficient (Wildman–Crippen LogP) is 8.62. The maximum Gasteiger partial charge on any atom is 0.338 e. The molecule has 8 rings (SSSR count). The SMILES string of the molecule is C[C@@H]1OC2(CCCCC2)OCC1O[C@H](O[C@@H]1C(N=[N+]=[N-])C[C@@H](N=[N+]=[N-])[C@H]2OCCCCCOC12)[C@@H](CO[C@@H]1O[C@H](COC(=O)c2ccccc2)C(OC(=O)c2ccccc2)[C@@H]1OC(=O)c1ccccc1)N=[N+]=[N-]. The number of hydrogen-bond acceptors (Lipinski definition) is 17. The summed E-state index contributed by atoms with van der Waals surface area (Å²) in [6, 6.07) is 21.2. The fraction of sp³-hybridized carbons (Fsp3) is 0.580. The van der Waals surface area contributed by atoms with E-state index in [1.54, 1.807) is 66.7 Å². The van der Waals surface area contributed by atoms with Crippen LogP contribution in [0.4, 0.5) is 0 Å². The summed E-state index contributed by atoms with van der Waals surface area (Å²) in [4.78, 5) is 50.3. The first-order valence-electron chi connectivity index (χ1n) is 24.7. The average molecular weight is 1010 g/mol. The first-order valence-corrected chi connectivity index (χ1v) is 24.7. The molecule has 4 unspecified atom stereocenters. The molecule has 5 aliphatic rings. The van der Waals surface area contributed by atoms with Gasteiger partial charge in [0.1, 0.15) is 31.0 Å². The summed E-state index contributed by atoms with van der Waals surface area (Å²) in [7, 11) is 0. The van der Waals surface area contributed by atoms with E-state index in [2.05, 4.69) is 30.1 Å².